The van der Waals surface area contributed by atoms with Gasteiger partial charge in [-0.05, 0) is 63.1 Å². The second-order valence-corrected chi connectivity index (χ2v) is 8.52. The number of amides is 1. The molecule has 1 aliphatic heterocycles. The molecule has 2 aromatic carbocycles. The van der Waals surface area contributed by atoms with E-state index in [9.17, 15) is 9.18 Å². The minimum Gasteiger partial charge on any atom is -0.326 e. The monoisotopic (exact) mass is 432 g/mol. The number of aromatic nitrogens is 2. The van der Waals surface area contributed by atoms with Crippen molar-refractivity contribution in [2.75, 3.05) is 18.4 Å². The van der Waals surface area contributed by atoms with Gasteiger partial charge in [0.25, 0.3) is 0 Å². The Kier molecular flexibility index (Phi) is 6.90. The first kappa shape index (κ1) is 22.1. The van der Waals surface area contributed by atoms with Crippen LogP contribution in [0.5, 0.6) is 0 Å². The van der Waals surface area contributed by atoms with Crippen LogP contribution in [0.25, 0.3) is 0 Å². The molecule has 3 aromatic rings. The predicted molar refractivity (Wildman–Crippen MR) is 124 cm³/mol. The van der Waals surface area contributed by atoms with Crippen molar-refractivity contribution in [3.05, 3.63) is 88.8 Å². The van der Waals surface area contributed by atoms with Gasteiger partial charge in [-0.2, -0.15) is 0 Å². The molecule has 4 rings (SSSR count). The number of anilines is 1. The number of halogens is 1. The average molecular weight is 433 g/mol. The van der Waals surface area contributed by atoms with E-state index >= 15 is 0 Å². The van der Waals surface area contributed by atoms with Gasteiger partial charge in [-0.15, -0.1) is 0 Å². The van der Waals surface area contributed by atoms with Crippen LogP contribution in [-0.4, -0.2) is 33.9 Å². The topological polar surface area (TPSA) is 58.1 Å². The molecular formula is C26H29FN4O. The summed E-state index contributed by atoms with van der Waals surface area (Å²) in [5, 5.41) is 2.81. The zero-order valence-electron chi connectivity index (χ0n) is 18.6. The van der Waals surface area contributed by atoms with Crippen LogP contribution in [0.15, 0.2) is 54.6 Å². The quantitative estimate of drug-likeness (QED) is 0.608. The van der Waals surface area contributed by atoms with E-state index in [-0.39, 0.29) is 18.1 Å². The molecule has 0 bridgehead atoms. The van der Waals surface area contributed by atoms with Crippen molar-refractivity contribution in [2.24, 2.45) is 0 Å². The van der Waals surface area contributed by atoms with E-state index in [1.165, 1.54) is 17.7 Å². The van der Waals surface area contributed by atoms with E-state index in [2.05, 4.69) is 34.5 Å². The number of rotatable bonds is 6. The number of aryl methyl sites for hydroxylation is 2. The van der Waals surface area contributed by atoms with Crippen LogP contribution in [0.3, 0.4) is 0 Å². The predicted octanol–water partition coefficient (Wildman–Crippen LogP) is 4.79. The molecule has 1 aromatic heterocycles. The van der Waals surface area contributed by atoms with E-state index in [1.54, 1.807) is 12.1 Å². The molecule has 1 atom stereocenters. The van der Waals surface area contributed by atoms with E-state index in [0.29, 0.717) is 11.6 Å². The number of nitrogens with zero attached hydrogens (tertiary/aromatic N) is 3. The first-order chi connectivity index (χ1) is 15.5. The van der Waals surface area contributed by atoms with Crippen molar-refractivity contribution in [3.63, 3.8) is 0 Å². The fourth-order valence-corrected chi connectivity index (χ4v) is 4.35. The maximum atomic E-state index is 13.1. The molecule has 6 heteroatoms. The summed E-state index contributed by atoms with van der Waals surface area (Å²) < 4.78 is 13.1. The average Bonchev–Trinajstić information content (AvgIpc) is 2.78. The van der Waals surface area contributed by atoms with Gasteiger partial charge in [0.15, 0.2) is 0 Å². The number of hydrogen-bond acceptors (Lipinski definition) is 4. The third-order valence-corrected chi connectivity index (χ3v) is 6.02. The molecule has 1 N–H and O–H groups in total. The van der Waals surface area contributed by atoms with Gasteiger partial charge >= 0.3 is 0 Å². The summed E-state index contributed by atoms with van der Waals surface area (Å²) in [5.41, 5.74) is 4.45. The highest BCUT2D eigenvalue weighted by Crippen LogP contribution is 2.27. The summed E-state index contributed by atoms with van der Waals surface area (Å²) in [4.78, 5) is 24.6. The fourth-order valence-electron chi connectivity index (χ4n) is 4.35. The SMILES string of the molecule is Cc1nc([C@@H]2CCCN(Cc3ccccc3)C2)nc(C)c1CC(=O)Nc1ccc(F)cc1. The third kappa shape index (κ3) is 5.56. The van der Waals surface area contributed by atoms with Crippen molar-refractivity contribution in [1.29, 1.82) is 0 Å². The molecule has 166 valence electrons. The van der Waals surface area contributed by atoms with Crippen molar-refractivity contribution >= 4 is 11.6 Å². The molecule has 5 nitrogen and oxygen atoms in total. The lowest BCUT2D eigenvalue weighted by atomic mass is 9.96. The second kappa shape index (κ2) is 10.0. The summed E-state index contributed by atoms with van der Waals surface area (Å²) >= 11 is 0. The summed E-state index contributed by atoms with van der Waals surface area (Å²) in [6.07, 6.45) is 2.40. The summed E-state index contributed by atoms with van der Waals surface area (Å²) in [5.74, 6) is 0.682. The number of carbonyl (C=O) groups excluding carboxylic acids is 1. The van der Waals surface area contributed by atoms with E-state index in [1.807, 2.05) is 19.9 Å². The zero-order valence-corrected chi connectivity index (χ0v) is 18.6. The van der Waals surface area contributed by atoms with E-state index in [4.69, 9.17) is 9.97 Å². The highest BCUT2D eigenvalue weighted by atomic mass is 19.1. The van der Waals surface area contributed by atoms with Gasteiger partial charge in [0.1, 0.15) is 11.6 Å². The molecular weight excluding hydrogens is 403 g/mol. The largest absolute Gasteiger partial charge is 0.326 e. The van der Waals surface area contributed by atoms with Gasteiger partial charge in [0.2, 0.25) is 5.91 Å². The normalized spacial score (nSPS) is 16.7. The van der Waals surface area contributed by atoms with Crippen LogP contribution < -0.4 is 5.32 Å². The van der Waals surface area contributed by atoms with Crippen molar-refractivity contribution in [3.8, 4) is 0 Å². The zero-order chi connectivity index (χ0) is 22.5. The summed E-state index contributed by atoms with van der Waals surface area (Å²) in [6.45, 7) is 6.87. The van der Waals surface area contributed by atoms with Gasteiger partial charge in [0, 0.05) is 41.6 Å². The van der Waals surface area contributed by atoms with Gasteiger partial charge in [-0.3, -0.25) is 9.69 Å². The molecule has 0 aliphatic carbocycles. The Morgan fingerprint density at radius 1 is 1.06 bits per heavy atom. The highest BCUT2D eigenvalue weighted by Gasteiger charge is 2.25. The number of piperidine rings is 1. The number of carbonyl (C=O) groups is 1. The van der Waals surface area contributed by atoms with Gasteiger partial charge in [0.05, 0.1) is 6.42 Å². The Bertz CT molecular complexity index is 1050. The number of likely N-dealkylation sites (tertiary alicyclic amines) is 1. The molecule has 2 heterocycles. The molecule has 0 saturated carbocycles. The Morgan fingerprint density at radius 3 is 2.44 bits per heavy atom. The van der Waals surface area contributed by atoms with Crippen LogP contribution in [0.4, 0.5) is 10.1 Å². The Hall–Kier alpha value is -3.12. The van der Waals surface area contributed by atoms with Gasteiger partial charge in [-0.25, -0.2) is 14.4 Å². The van der Waals surface area contributed by atoms with Crippen LogP contribution in [0.1, 0.15) is 47.1 Å². The maximum absolute atomic E-state index is 13.1. The van der Waals surface area contributed by atoms with Gasteiger partial charge in [-0.1, -0.05) is 30.3 Å². The molecule has 0 radical (unpaired) electrons. The van der Waals surface area contributed by atoms with Crippen molar-refractivity contribution in [2.45, 2.75) is 45.6 Å². The summed E-state index contributed by atoms with van der Waals surface area (Å²) in [6, 6.07) is 16.3. The molecule has 1 fully saturated rings. The lowest BCUT2D eigenvalue weighted by Gasteiger charge is -2.32. The lowest BCUT2D eigenvalue weighted by molar-refractivity contribution is -0.115. The van der Waals surface area contributed by atoms with E-state index < -0.39 is 0 Å². The molecule has 1 aliphatic rings. The number of nitrogens with one attached hydrogen (secondary N) is 1. The summed E-state index contributed by atoms with van der Waals surface area (Å²) in [7, 11) is 0. The smallest absolute Gasteiger partial charge is 0.228 e. The van der Waals surface area contributed by atoms with Crippen molar-refractivity contribution < 1.29 is 9.18 Å². The lowest BCUT2D eigenvalue weighted by Crippen LogP contribution is -2.34. The maximum Gasteiger partial charge on any atom is 0.228 e. The number of hydrogen-bond donors (Lipinski definition) is 1. The molecule has 1 amide bonds. The van der Waals surface area contributed by atoms with Crippen LogP contribution in [-0.2, 0) is 17.8 Å². The highest BCUT2D eigenvalue weighted by molar-refractivity contribution is 5.92. The molecule has 0 spiro atoms. The minimum absolute atomic E-state index is 0.161. The van der Waals surface area contributed by atoms with Crippen LogP contribution >= 0.6 is 0 Å². The third-order valence-electron chi connectivity index (χ3n) is 6.02. The molecule has 32 heavy (non-hydrogen) atoms. The second-order valence-electron chi connectivity index (χ2n) is 8.52. The van der Waals surface area contributed by atoms with Crippen LogP contribution in [0.2, 0.25) is 0 Å². The van der Waals surface area contributed by atoms with E-state index in [0.717, 1.165) is 55.3 Å². The number of benzene rings is 2. The minimum atomic E-state index is -0.330. The Balaban J connectivity index is 1.42. The van der Waals surface area contributed by atoms with Gasteiger partial charge < -0.3 is 5.32 Å². The fraction of sp³-hybridized carbons (Fsp3) is 0.346. The molecule has 0 unspecified atom stereocenters. The first-order valence-electron chi connectivity index (χ1n) is 11.1. The Morgan fingerprint density at radius 2 is 1.75 bits per heavy atom. The Labute approximate surface area is 188 Å². The standard InChI is InChI=1S/C26H29FN4O/c1-18-24(15-25(32)30-23-12-10-22(27)11-13-23)19(2)29-26(28-18)21-9-6-14-31(17-21)16-20-7-4-3-5-8-20/h3-5,7-8,10-13,21H,6,9,14-17H2,1-2H3,(H,30,32)/t21-/m1/s1. The molecule has 1 saturated heterocycles. The van der Waals surface area contributed by atoms with Crippen molar-refractivity contribution in [1.82, 2.24) is 14.9 Å². The first-order valence-corrected chi connectivity index (χ1v) is 11.1. The van der Waals surface area contributed by atoms with Crippen LogP contribution in [0, 0.1) is 19.7 Å².